The third-order valence-electron chi connectivity index (χ3n) is 4.78. The first-order chi connectivity index (χ1) is 15.4. The molecule has 0 fully saturated rings. The molecule has 0 spiro atoms. The number of nitrogens with zero attached hydrogens (tertiary/aromatic N) is 1. The first-order valence-corrected chi connectivity index (χ1v) is 10.3. The van der Waals surface area contributed by atoms with Crippen LogP contribution in [0.5, 0.6) is 23.0 Å². The fourth-order valence-electron chi connectivity index (χ4n) is 3.07. The average molecular weight is 446 g/mol. The van der Waals surface area contributed by atoms with Crippen molar-refractivity contribution in [3.8, 4) is 23.0 Å². The lowest BCUT2D eigenvalue weighted by atomic mass is 10.1. The summed E-state index contributed by atoms with van der Waals surface area (Å²) in [6, 6.07) is 11.1. The fourth-order valence-corrected chi connectivity index (χ4v) is 3.07. The van der Waals surface area contributed by atoms with Crippen molar-refractivity contribution in [1.29, 1.82) is 0 Å². The summed E-state index contributed by atoms with van der Waals surface area (Å²) in [6.07, 6.45) is 0.528. The molecule has 8 nitrogen and oxygen atoms in total. The molecule has 0 heterocycles. The molecule has 0 aliphatic heterocycles. The van der Waals surface area contributed by atoms with Gasteiger partial charge in [0.1, 0.15) is 5.75 Å². The highest BCUT2D eigenvalue weighted by Gasteiger charge is 2.16. The smallest absolute Gasteiger partial charge is 0.306 e. The number of hydrogen-bond acceptors (Lipinski definition) is 7. The van der Waals surface area contributed by atoms with E-state index in [4.69, 9.17) is 23.7 Å². The first kappa shape index (κ1) is 24.8. The lowest BCUT2D eigenvalue weighted by Gasteiger charge is -2.17. The summed E-state index contributed by atoms with van der Waals surface area (Å²) in [6.45, 7) is 2.63. The summed E-state index contributed by atoms with van der Waals surface area (Å²) in [5, 5.41) is 0. The molecule has 32 heavy (non-hydrogen) atoms. The van der Waals surface area contributed by atoms with Crippen molar-refractivity contribution in [3.05, 3.63) is 47.5 Å². The number of ether oxygens (including phenoxy) is 5. The van der Waals surface area contributed by atoms with E-state index in [9.17, 15) is 9.59 Å². The van der Waals surface area contributed by atoms with E-state index in [1.165, 1.54) is 26.2 Å². The van der Waals surface area contributed by atoms with Crippen LogP contribution in [0.1, 0.15) is 24.5 Å². The van der Waals surface area contributed by atoms with Crippen LogP contribution in [0.25, 0.3) is 0 Å². The second-order valence-corrected chi connectivity index (χ2v) is 7.02. The van der Waals surface area contributed by atoms with Gasteiger partial charge in [-0.15, -0.1) is 0 Å². The van der Waals surface area contributed by atoms with Crippen molar-refractivity contribution in [2.75, 3.05) is 41.6 Å². The van der Waals surface area contributed by atoms with Crippen molar-refractivity contribution >= 4 is 11.9 Å². The van der Waals surface area contributed by atoms with Gasteiger partial charge >= 0.3 is 5.97 Å². The Balaban J connectivity index is 1.82. The minimum atomic E-state index is -0.457. The molecule has 0 aliphatic carbocycles. The van der Waals surface area contributed by atoms with Crippen LogP contribution >= 0.6 is 0 Å². The number of hydrogen-bond donors (Lipinski definition) is 0. The summed E-state index contributed by atoms with van der Waals surface area (Å²) in [7, 11) is 6.26. The Labute approximate surface area is 189 Å². The Morgan fingerprint density at radius 3 is 2.06 bits per heavy atom. The number of likely N-dealkylation sites (N-methyl/N-ethyl adjacent to an activating group) is 1. The number of rotatable bonds is 12. The van der Waals surface area contributed by atoms with Crippen LogP contribution in [0.15, 0.2) is 36.4 Å². The van der Waals surface area contributed by atoms with Gasteiger partial charge in [-0.3, -0.25) is 9.59 Å². The van der Waals surface area contributed by atoms with Crippen LogP contribution in [-0.2, 0) is 27.3 Å². The van der Waals surface area contributed by atoms with Gasteiger partial charge in [0.2, 0.25) is 5.75 Å². The lowest BCUT2D eigenvalue weighted by Crippen LogP contribution is -2.30. The van der Waals surface area contributed by atoms with Crippen LogP contribution in [0.2, 0.25) is 0 Å². The molecule has 2 aromatic carbocycles. The van der Waals surface area contributed by atoms with E-state index in [0.29, 0.717) is 36.8 Å². The number of carbonyl (C=O) groups is 2. The summed E-state index contributed by atoms with van der Waals surface area (Å²) >= 11 is 0. The van der Waals surface area contributed by atoms with E-state index >= 15 is 0 Å². The largest absolute Gasteiger partial charge is 0.494 e. The van der Waals surface area contributed by atoms with Crippen molar-refractivity contribution in [1.82, 2.24) is 4.90 Å². The van der Waals surface area contributed by atoms with Crippen molar-refractivity contribution in [2.24, 2.45) is 0 Å². The molecule has 0 bridgehead atoms. The second-order valence-electron chi connectivity index (χ2n) is 7.02. The minimum absolute atomic E-state index is 0.120. The molecule has 0 atom stereocenters. The highest BCUT2D eigenvalue weighted by molar-refractivity contribution is 5.80. The molecule has 0 aromatic heterocycles. The molecule has 0 aliphatic rings. The van der Waals surface area contributed by atoms with E-state index < -0.39 is 5.97 Å². The molecule has 0 saturated heterocycles. The Bertz CT molecular complexity index is 871. The number of carbonyl (C=O) groups excluding carboxylic acids is 2. The Morgan fingerprint density at radius 2 is 1.53 bits per heavy atom. The molecule has 0 unspecified atom stereocenters. The minimum Gasteiger partial charge on any atom is -0.494 e. The van der Waals surface area contributed by atoms with Crippen molar-refractivity contribution < 1.29 is 33.3 Å². The number of aryl methyl sites for hydroxylation is 1. The van der Waals surface area contributed by atoms with Gasteiger partial charge < -0.3 is 28.6 Å². The summed E-state index contributed by atoms with van der Waals surface area (Å²) in [5.74, 6) is 1.57. The molecule has 0 radical (unpaired) electrons. The quantitative estimate of drug-likeness (QED) is 0.464. The predicted molar refractivity (Wildman–Crippen MR) is 119 cm³/mol. The van der Waals surface area contributed by atoms with Gasteiger partial charge in [0, 0.05) is 20.0 Å². The van der Waals surface area contributed by atoms with E-state index in [0.717, 1.165) is 16.9 Å². The van der Waals surface area contributed by atoms with Gasteiger partial charge in [-0.25, -0.2) is 0 Å². The van der Waals surface area contributed by atoms with Crippen LogP contribution in [0, 0.1) is 0 Å². The van der Waals surface area contributed by atoms with E-state index in [2.05, 4.69) is 0 Å². The van der Waals surface area contributed by atoms with Crippen LogP contribution < -0.4 is 18.9 Å². The zero-order valence-corrected chi connectivity index (χ0v) is 19.3. The topological polar surface area (TPSA) is 83.5 Å². The fraction of sp³-hybridized carbons (Fsp3) is 0.417. The zero-order chi connectivity index (χ0) is 23.5. The third kappa shape index (κ3) is 7.08. The monoisotopic (exact) mass is 445 g/mol. The highest BCUT2D eigenvalue weighted by Crippen LogP contribution is 2.38. The Kier molecular flexibility index (Phi) is 9.66. The van der Waals surface area contributed by atoms with Gasteiger partial charge in [0.25, 0.3) is 5.91 Å². The number of esters is 1. The molecular formula is C24H31NO7. The maximum atomic E-state index is 12.3. The first-order valence-electron chi connectivity index (χ1n) is 10.3. The Morgan fingerprint density at radius 1 is 0.906 bits per heavy atom. The van der Waals surface area contributed by atoms with Gasteiger partial charge in [-0.1, -0.05) is 12.1 Å². The highest BCUT2D eigenvalue weighted by atomic mass is 16.5. The zero-order valence-electron chi connectivity index (χ0n) is 19.3. The molecule has 2 rings (SSSR count). The van der Waals surface area contributed by atoms with Crippen LogP contribution in [-0.4, -0.2) is 58.4 Å². The van der Waals surface area contributed by atoms with E-state index in [1.807, 2.05) is 31.2 Å². The standard InChI is InChI=1S/C24H31NO7/c1-6-31-19-10-7-17(8-11-19)15-25(2)22(26)16-32-23(27)12-9-18-13-20(28-3)24(30-5)21(14-18)29-4/h7-8,10-11,13-14H,6,9,12,15-16H2,1-5H3. The van der Waals surface area contributed by atoms with Gasteiger partial charge in [-0.05, 0) is 48.7 Å². The maximum Gasteiger partial charge on any atom is 0.306 e. The molecule has 174 valence electrons. The summed E-state index contributed by atoms with van der Waals surface area (Å²) in [5.41, 5.74) is 1.79. The van der Waals surface area contributed by atoms with Crippen molar-refractivity contribution in [3.63, 3.8) is 0 Å². The van der Waals surface area contributed by atoms with E-state index in [1.54, 1.807) is 19.2 Å². The SMILES string of the molecule is CCOc1ccc(CN(C)C(=O)COC(=O)CCc2cc(OC)c(OC)c(OC)c2)cc1. The summed E-state index contributed by atoms with van der Waals surface area (Å²) < 4.78 is 26.5. The molecule has 8 heteroatoms. The third-order valence-corrected chi connectivity index (χ3v) is 4.78. The normalized spacial score (nSPS) is 10.3. The van der Waals surface area contributed by atoms with Gasteiger partial charge in [0.05, 0.1) is 27.9 Å². The summed E-state index contributed by atoms with van der Waals surface area (Å²) in [4.78, 5) is 26.0. The van der Waals surface area contributed by atoms with Crippen LogP contribution in [0.3, 0.4) is 0 Å². The predicted octanol–water partition coefficient (Wildman–Crippen LogP) is 3.25. The second kappa shape index (κ2) is 12.4. The molecule has 1 amide bonds. The van der Waals surface area contributed by atoms with Crippen LogP contribution in [0.4, 0.5) is 0 Å². The number of amides is 1. The average Bonchev–Trinajstić information content (AvgIpc) is 2.81. The van der Waals surface area contributed by atoms with E-state index in [-0.39, 0.29) is 18.9 Å². The number of benzene rings is 2. The lowest BCUT2D eigenvalue weighted by molar-refractivity contribution is -0.151. The molecule has 0 N–H and O–H groups in total. The van der Waals surface area contributed by atoms with Gasteiger partial charge in [0.15, 0.2) is 18.1 Å². The molecule has 0 saturated carbocycles. The number of methoxy groups -OCH3 is 3. The van der Waals surface area contributed by atoms with Gasteiger partial charge in [-0.2, -0.15) is 0 Å². The molecule has 2 aromatic rings. The molecular weight excluding hydrogens is 414 g/mol. The maximum absolute atomic E-state index is 12.3. The Hall–Kier alpha value is -3.42. The van der Waals surface area contributed by atoms with Crippen molar-refractivity contribution in [2.45, 2.75) is 26.3 Å².